The van der Waals surface area contributed by atoms with Gasteiger partial charge in [-0.05, 0) is 36.7 Å². The number of nitrogens with one attached hydrogen (secondary N) is 1. The Bertz CT molecular complexity index is 312. The topological polar surface area (TPSA) is 12.0 Å². The van der Waals surface area contributed by atoms with Crippen LogP contribution in [0.4, 0.5) is 4.39 Å². The maximum absolute atomic E-state index is 13.2. The predicted molar refractivity (Wildman–Crippen MR) is 64.7 cm³/mol. The average molecular weight is 227 g/mol. The monoisotopic (exact) mass is 227 g/mol. The summed E-state index contributed by atoms with van der Waals surface area (Å²) in [5, 5.41) is 3.03. The lowest BCUT2D eigenvalue weighted by atomic mass is 10.2. The Morgan fingerprint density at radius 1 is 1.33 bits per heavy atom. The Kier molecular flexibility index (Phi) is 5.12. The second kappa shape index (κ2) is 6.13. The summed E-state index contributed by atoms with van der Waals surface area (Å²) >= 11 is 1.71. The van der Waals surface area contributed by atoms with Gasteiger partial charge in [-0.15, -0.1) is 11.8 Å². The molecular formula is C12H18FNS. The number of halogens is 1. The summed E-state index contributed by atoms with van der Waals surface area (Å²) in [5.74, 6) is 1.52. The van der Waals surface area contributed by atoms with Crippen LogP contribution in [0.1, 0.15) is 19.4 Å². The number of benzene rings is 1. The highest BCUT2D eigenvalue weighted by atomic mass is 32.2. The van der Waals surface area contributed by atoms with Gasteiger partial charge in [0.2, 0.25) is 0 Å². The first kappa shape index (κ1) is 12.5. The highest BCUT2D eigenvalue weighted by Crippen LogP contribution is 2.23. The Morgan fingerprint density at radius 3 is 2.67 bits per heavy atom. The van der Waals surface area contributed by atoms with Crippen molar-refractivity contribution in [3.63, 3.8) is 0 Å². The van der Waals surface area contributed by atoms with Crippen LogP contribution < -0.4 is 5.32 Å². The molecule has 0 radical (unpaired) electrons. The Morgan fingerprint density at radius 2 is 2.07 bits per heavy atom. The molecular weight excluding hydrogens is 209 g/mol. The van der Waals surface area contributed by atoms with Crippen LogP contribution in [0.5, 0.6) is 0 Å². The fourth-order valence-electron chi connectivity index (χ4n) is 1.27. The molecule has 0 aliphatic rings. The summed E-state index contributed by atoms with van der Waals surface area (Å²) in [7, 11) is 1.87. The zero-order chi connectivity index (χ0) is 11.3. The van der Waals surface area contributed by atoms with Crippen molar-refractivity contribution in [2.75, 3.05) is 12.8 Å². The molecule has 0 aromatic heterocycles. The van der Waals surface area contributed by atoms with E-state index in [4.69, 9.17) is 0 Å². The summed E-state index contributed by atoms with van der Waals surface area (Å²) < 4.78 is 13.2. The Labute approximate surface area is 95.5 Å². The highest BCUT2D eigenvalue weighted by molar-refractivity contribution is 7.99. The smallest absolute Gasteiger partial charge is 0.124 e. The van der Waals surface area contributed by atoms with Crippen LogP contribution in [0.25, 0.3) is 0 Å². The van der Waals surface area contributed by atoms with Crippen molar-refractivity contribution >= 4 is 11.8 Å². The molecule has 1 aromatic rings. The lowest BCUT2D eigenvalue weighted by Gasteiger charge is -2.07. The minimum atomic E-state index is -0.144. The zero-order valence-electron chi connectivity index (χ0n) is 9.51. The molecule has 3 heteroatoms. The van der Waals surface area contributed by atoms with Crippen molar-refractivity contribution in [3.05, 3.63) is 29.6 Å². The van der Waals surface area contributed by atoms with Gasteiger partial charge in [0.1, 0.15) is 5.82 Å². The molecule has 0 saturated carbocycles. The van der Waals surface area contributed by atoms with Crippen LogP contribution in [0.2, 0.25) is 0 Å². The molecule has 0 amide bonds. The van der Waals surface area contributed by atoms with Crippen LogP contribution in [0.3, 0.4) is 0 Å². The maximum Gasteiger partial charge on any atom is 0.124 e. The molecule has 0 bridgehead atoms. The molecule has 1 aromatic carbocycles. The maximum atomic E-state index is 13.2. The fourth-order valence-corrected chi connectivity index (χ4v) is 2.23. The number of thioether (sulfide) groups is 1. The molecule has 84 valence electrons. The third kappa shape index (κ3) is 4.67. The van der Waals surface area contributed by atoms with Gasteiger partial charge in [0, 0.05) is 17.2 Å². The molecule has 1 rings (SSSR count). The molecule has 0 atom stereocenters. The first-order chi connectivity index (χ1) is 7.11. The molecule has 1 nitrogen and oxygen atoms in total. The normalized spacial score (nSPS) is 11.0. The van der Waals surface area contributed by atoms with Gasteiger partial charge >= 0.3 is 0 Å². The number of hydrogen-bond acceptors (Lipinski definition) is 2. The van der Waals surface area contributed by atoms with E-state index in [1.54, 1.807) is 23.9 Å². The lowest BCUT2D eigenvalue weighted by molar-refractivity contribution is 0.619. The third-order valence-electron chi connectivity index (χ3n) is 1.90. The van der Waals surface area contributed by atoms with Crippen LogP contribution in [-0.2, 0) is 6.54 Å². The minimum Gasteiger partial charge on any atom is -0.316 e. The van der Waals surface area contributed by atoms with Crippen LogP contribution >= 0.6 is 11.8 Å². The van der Waals surface area contributed by atoms with E-state index in [1.165, 1.54) is 0 Å². The van der Waals surface area contributed by atoms with Gasteiger partial charge in [-0.2, -0.15) is 0 Å². The van der Waals surface area contributed by atoms with E-state index in [-0.39, 0.29) is 5.82 Å². The fraction of sp³-hybridized carbons (Fsp3) is 0.500. The van der Waals surface area contributed by atoms with E-state index in [2.05, 4.69) is 19.2 Å². The van der Waals surface area contributed by atoms with E-state index in [0.29, 0.717) is 12.5 Å². The summed E-state index contributed by atoms with van der Waals surface area (Å²) in [6, 6.07) is 5.23. The lowest BCUT2D eigenvalue weighted by Crippen LogP contribution is -2.05. The molecule has 1 N–H and O–H groups in total. The Balaban J connectivity index is 2.70. The predicted octanol–water partition coefficient (Wildman–Crippen LogP) is 3.29. The average Bonchev–Trinajstić information content (AvgIpc) is 2.14. The van der Waals surface area contributed by atoms with Gasteiger partial charge < -0.3 is 5.32 Å². The summed E-state index contributed by atoms with van der Waals surface area (Å²) in [5.41, 5.74) is 1.00. The number of hydrogen-bond donors (Lipinski definition) is 1. The van der Waals surface area contributed by atoms with Crippen LogP contribution in [-0.4, -0.2) is 12.8 Å². The minimum absolute atomic E-state index is 0.144. The summed E-state index contributed by atoms with van der Waals surface area (Å²) in [6.45, 7) is 5.05. The summed E-state index contributed by atoms with van der Waals surface area (Å²) in [6.07, 6.45) is 0. The van der Waals surface area contributed by atoms with Gasteiger partial charge in [0.25, 0.3) is 0 Å². The molecule has 0 heterocycles. The quantitative estimate of drug-likeness (QED) is 0.775. The van der Waals surface area contributed by atoms with Crippen LogP contribution in [0, 0.1) is 11.7 Å². The Hall–Kier alpha value is -0.540. The second-order valence-corrected chi connectivity index (χ2v) is 5.12. The van der Waals surface area contributed by atoms with Crippen molar-refractivity contribution in [2.45, 2.75) is 25.3 Å². The third-order valence-corrected chi connectivity index (χ3v) is 3.30. The van der Waals surface area contributed by atoms with Gasteiger partial charge in [-0.3, -0.25) is 0 Å². The SMILES string of the molecule is CNCc1cc(F)cc(SCC(C)C)c1. The molecule has 0 unspecified atom stereocenters. The van der Waals surface area contributed by atoms with Crippen molar-refractivity contribution in [1.29, 1.82) is 0 Å². The molecule has 0 aliphatic carbocycles. The second-order valence-electron chi connectivity index (χ2n) is 4.03. The van der Waals surface area contributed by atoms with Crippen molar-refractivity contribution in [1.82, 2.24) is 5.32 Å². The largest absolute Gasteiger partial charge is 0.316 e. The van der Waals surface area contributed by atoms with E-state index in [1.807, 2.05) is 13.1 Å². The van der Waals surface area contributed by atoms with Crippen molar-refractivity contribution in [2.24, 2.45) is 5.92 Å². The van der Waals surface area contributed by atoms with Gasteiger partial charge in [-0.1, -0.05) is 13.8 Å². The van der Waals surface area contributed by atoms with Crippen molar-refractivity contribution < 1.29 is 4.39 Å². The van der Waals surface area contributed by atoms with Gasteiger partial charge in [0.15, 0.2) is 0 Å². The highest BCUT2D eigenvalue weighted by Gasteiger charge is 2.02. The molecule has 0 aliphatic heterocycles. The molecule has 0 fully saturated rings. The standard InChI is InChI=1S/C12H18FNS/c1-9(2)8-15-12-5-10(7-14-3)4-11(13)6-12/h4-6,9,14H,7-8H2,1-3H3. The van der Waals surface area contributed by atoms with E-state index in [9.17, 15) is 4.39 Å². The van der Waals surface area contributed by atoms with Gasteiger partial charge in [0.05, 0.1) is 0 Å². The number of rotatable bonds is 5. The molecule has 15 heavy (non-hydrogen) atoms. The molecule has 0 saturated heterocycles. The summed E-state index contributed by atoms with van der Waals surface area (Å²) in [4.78, 5) is 1.02. The van der Waals surface area contributed by atoms with E-state index >= 15 is 0 Å². The molecule has 0 spiro atoms. The first-order valence-corrected chi connectivity index (χ1v) is 6.17. The van der Waals surface area contributed by atoms with E-state index < -0.39 is 0 Å². The van der Waals surface area contributed by atoms with E-state index in [0.717, 1.165) is 16.2 Å². The van der Waals surface area contributed by atoms with Crippen molar-refractivity contribution in [3.8, 4) is 0 Å². The zero-order valence-corrected chi connectivity index (χ0v) is 10.3. The van der Waals surface area contributed by atoms with Crippen LogP contribution in [0.15, 0.2) is 23.1 Å². The van der Waals surface area contributed by atoms with Gasteiger partial charge in [-0.25, -0.2) is 4.39 Å². The first-order valence-electron chi connectivity index (χ1n) is 5.18.